The molecule has 17 heavy (non-hydrogen) atoms. The summed E-state index contributed by atoms with van der Waals surface area (Å²) in [6, 6.07) is 9.29. The van der Waals surface area contributed by atoms with Crippen LogP contribution >= 0.6 is 0 Å². The standard InChI is InChI=1S/C13H15BF3/c15-14(16,17)13-11-7-6-10(8-11)12(13)9-4-2-1-3-5-9/h1-5,10-13H,6-8H2/q-1/t10-,11-,12-,13+/m0/s1. The van der Waals surface area contributed by atoms with Gasteiger partial charge in [-0.2, -0.15) is 0 Å². The molecule has 4 atom stereocenters. The molecule has 3 rings (SSSR count). The van der Waals surface area contributed by atoms with Gasteiger partial charge in [0, 0.05) is 0 Å². The van der Waals surface area contributed by atoms with E-state index >= 15 is 0 Å². The summed E-state index contributed by atoms with van der Waals surface area (Å²) in [4.78, 5) is 0. The van der Waals surface area contributed by atoms with E-state index < -0.39 is 12.8 Å². The summed E-state index contributed by atoms with van der Waals surface area (Å²) in [5.41, 5.74) is 0.893. The van der Waals surface area contributed by atoms with Crippen LogP contribution in [0.5, 0.6) is 0 Å². The van der Waals surface area contributed by atoms with Crippen molar-refractivity contribution in [1.29, 1.82) is 0 Å². The summed E-state index contributed by atoms with van der Waals surface area (Å²) in [6.07, 6.45) is 2.54. The zero-order valence-corrected chi connectivity index (χ0v) is 9.53. The minimum absolute atomic E-state index is 0.106. The first kappa shape index (κ1) is 11.2. The number of rotatable bonds is 2. The summed E-state index contributed by atoms with van der Waals surface area (Å²) in [7, 11) is 0. The summed E-state index contributed by atoms with van der Waals surface area (Å²) < 4.78 is 39.6. The number of hydrogen-bond acceptors (Lipinski definition) is 0. The van der Waals surface area contributed by atoms with Gasteiger partial charge >= 0.3 is 6.98 Å². The van der Waals surface area contributed by atoms with Crippen LogP contribution in [-0.4, -0.2) is 6.98 Å². The van der Waals surface area contributed by atoms with Gasteiger partial charge in [0.15, 0.2) is 0 Å². The summed E-state index contributed by atoms with van der Waals surface area (Å²) in [5, 5.41) is 0. The van der Waals surface area contributed by atoms with Gasteiger partial charge in [0.05, 0.1) is 0 Å². The predicted octanol–water partition coefficient (Wildman–Crippen LogP) is 4.42. The number of benzene rings is 1. The number of halogens is 3. The van der Waals surface area contributed by atoms with Crippen molar-refractivity contribution < 1.29 is 12.9 Å². The summed E-state index contributed by atoms with van der Waals surface area (Å²) in [6.45, 7) is -4.71. The van der Waals surface area contributed by atoms with Gasteiger partial charge in [-0.15, -0.1) is 0 Å². The van der Waals surface area contributed by atoms with Crippen molar-refractivity contribution in [3.05, 3.63) is 35.9 Å². The van der Waals surface area contributed by atoms with Crippen LogP contribution in [0.2, 0.25) is 5.82 Å². The van der Waals surface area contributed by atoms with E-state index in [4.69, 9.17) is 0 Å². The fraction of sp³-hybridized carbons (Fsp3) is 0.538. The van der Waals surface area contributed by atoms with Crippen LogP contribution in [0.1, 0.15) is 30.7 Å². The van der Waals surface area contributed by atoms with Gasteiger partial charge in [-0.05, 0) is 30.2 Å². The summed E-state index contributed by atoms with van der Waals surface area (Å²) >= 11 is 0. The molecule has 2 bridgehead atoms. The van der Waals surface area contributed by atoms with Gasteiger partial charge < -0.3 is 12.9 Å². The van der Waals surface area contributed by atoms with Gasteiger partial charge in [-0.25, -0.2) is 0 Å². The lowest BCUT2D eigenvalue weighted by atomic mass is 9.58. The molecule has 0 aliphatic heterocycles. The molecule has 0 N–H and O–H groups in total. The maximum Gasteiger partial charge on any atom is 0.482 e. The monoisotopic (exact) mass is 239 g/mol. The molecule has 0 amide bonds. The highest BCUT2D eigenvalue weighted by Gasteiger charge is 2.55. The Morgan fingerprint density at radius 1 is 0.941 bits per heavy atom. The van der Waals surface area contributed by atoms with Crippen LogP contribution in [0.4, 0.5) is 12.9 Å². The van der Waals surface area contributed by atoms with E-state index in [1.54, 1.807) is 0 Å². The molecule has 4 heteroatoms. The molecule has 2 aliphatic carbocycles. The van der Waals surface area contributed by atoms with E-state index in [1.165, 1.54) is 0 Å². The number of fused-ring (bicyclic) bond motifs is 2. The van der Waals surface area contributed by atoms with E-state index in [2.05, 4.69) is 0 Å². The molecule has 2 fully saturated rings. The van der Waals surface area contributed by atoms with Crippen molar-refractivity contribution in [2.75, 3.05) is 0 Å². The second-order valence-corrected chi connectivity index (χ2v) is 5.47. The number of hydrogen-bond donors (Lipinski definition) is 0. The van der Waals surface area contributed by atoms with Crippen molar-refractivity contribution in [2.24, 2.45) is 11.8 Å². The molecule has 2 aliphatic rings. The van der Waals surface area contributed by atoms with E-state index in [9.17, 15) is 12.9 Å². The van der Waals surface area contributed by atoms with Gasteiger partial charge in [-0.3, -0.25) is 0 Å². The second-order valence-electron chi connectivity index (χ2n) is 5.47. The molecule has 0 radical (unpaired) electrons. The van der Waals surface area contributed by atoms with Crippen LogP contribution in [-0.2, 0) is 0 Å². The fourth-order valence-electron chi connectivity index (χ4n) is 4.05. The van der Waals surface area contributed by atoms with Crippen molar-refractivity contribution in [2.45, 2.75) is 31.0 Å². The molecule has 0 heterocycles. The molecule has 0 spiro atoms. The maximum absolute atomic E-state index is 13.2. The van der Waals surface area contributed by atoms with Gasteiger partial charge in [0.25, 0.3) is 0 Å². The highest BCUT2D eigenvalue weighted by molar-refractivity contribution is 6.60. The molecule has 0 aromatic heterocycles. The fourth-order valence-corrected chi connectivity index (χ4v) is 4.05. The lowest BCUT2D eigenvalue weighted by Crippen LogP contribution is -2.33. The van der Waals surface area contributed by atoms with Gasteiger partial charge in [0.1, 0.15) is 0 Å². The van der Waals surface area contributed by atoms with Crippen molar-refractivity contribution >= 4 is 6.98 Å². The topological polar surface area (TPSA) is 0 Å². The van der Waals surface area contributed by atoms with E-state index in [0.29, 0.717) is 0 Å². The molecular formula is C13H15BF3-. The normalized spacial score (nSPS) is 36.4. The molecular weight excluding hydrogens is 224 g/mol. The molecule has 1 aromatic rings. The van der Waals surface area contributed by atoms with Crippen LogP contribution in [0.25, 0.3) is 0 Å². The van der Waals surface area contributed by atoms with E-state index in [-0.39, 0.29) is 17.8 Å². The third kappa shape index (κ3) is 1.78. The Balaban J connectivity index is 1.97. The van der Waals surface area contributed by atoms with Crippen LogP contribution in [0.3, 0.4) is 0 Å². The first-order chi connectivity index (χ1) is 8.07. The van der Waals surface area contributed by atoms with Crippen LogP contribution in [0, 0.1) is 11.8 Å². The average molecular weight is 239 g/mol. The third-order valence-electron chi connectivity index (χ3n) is 4.60. The lowest BCUT2D eigenvalue weighted by Gasteiger charge is -2.38. The SMILES string of the molecule is F[B-](F)(F)[C@@H]1[C@H]2CC[C@@H](C2)[C@@H]1c1ccccc1. The molecule has 1 aromatic carbocycles. The van der Waals surface area contributed by atoms with Crippen LogP contribution < -0.4 is 0 Å². The zero-order valence-electron chi connectivity index (χ0n) is 9.53. The quantitative estimate of drug-likeness (QED) is 0.670. The van der Waals surface area contributed by atoms with Gasteiger partial charge in [0.2, 0.25) is 0 Å². The maximum atomic E-state index is 13.2. The Morgan fingerprint density at radius 2 is 1.59 bits per heavy atom. The molecule has 92 valence electrons. The molecule has 2 saturated carbocycles. The van der Waals surface area contributed by atoms with E-state index in [0.717, 1.165) is 24.8 Å². The third-order valence-corrected chi connectivity index (χ3v) is 4.60. The second kappa shape index (κ2) is 3.79. The highest BCUT2D eigenvalue weighted by atomic mass is 19.4. The van der Waals surface area contributed by atoms with Crippen molar-refractivity contribution in [3.63, 3.8) is 0 Å². The first-order valence-corrected chi connectivity index (χ1v) is 6.32. The first-order valence-electron chi connectivity index (χ1n) is 6.32. The minimum Gasteiger partial charge on any atom is -0.449 e. The summed E-state index contributed by atoms with van der Waals surface area (Å²) in [5.74, 6) is -1.16. The average Bonchev–Trinajstić information content (AvgIpc) is 2.88. The Kier molecular flexibility index (Phi) is 2.49. The Labute approximate surface area is 99.3 Å². The minimum atomic E-state index is -4.71. The molecule has 0 nitrogen and oxygen atoms in total. The van der Waals surface area contributed by atoms with E-state index in [1.807, 2.05) is 30.3 Å². The van der Waals surface area contributed by atoms with Crippen molar-refractivity contribution in [3.8, 4) is 0 Å². The van der Waals surface area contributed by atoms with Crippen LogP contribution in [0.15, 0.2) is 30.3 Å². The largest absolute Gasteiger partial charge is 0.482 e. The highest BCUT2D eigenvalue weighted by Crippen LogP contribution is 2.63. The predicted molar refractivity (Wildman–Crippen MR) is 62.8 cm³/mol. The van der Waals surface area contributed by atoms with Crippen molar-refractivity contribution in [1.82, 2.24) is 0 Å². The Hall–Kier alpha value is -0.925. The Morgan fingerprint density at radius 3 is 2.24 bits per heavy atom. The Bertz CT molecular complexity index is 401. The molecule has 0 saturated heterocycles. The lowest BCUT2D eigenvalue weighted by molar-refractivity contribution is 0.332. The zero-order chi connectivity index (χ0) is 12.0. The molecule has 0 unspecified atom stereocenters. The smallest absolute Gasteiger partial charge is 0.449 e. The van der Waals surface area contributed by atoms with Gasteiger partial charge in [-0.1, -0.05) is 48.5 Å².